The normalized spacial score (nSPS) is 10.5. The monoisotopic (exact) mass is 333 g/mol. The van der Waals surface area contributed by atoms with Gasteiger partial charge in [-0.15, -0.1) is 0 Å². The van der Waals surface area contributed by atoms with E-state index in [0.29, 0.717) is 5.56 Å². The van der Waals surface area contributed by atoms with Gasteiger partial charge in [0, 0.05) is 20.7 Å². The molecule has 15 heavy (non-hydrogen) atoms. The van der Waals surface area contributed by atoms with E-state index >= 15 is 0 Å². The minimum absolute atomic E-state index is 0.323. The molecule has 5 heteroatoms. The van der Waals surface area contributed by atoms with Gasteiger partial charge < -0.3 is 4.98 Å². The Balaban J connectivity index is 2.67. The summed E-state index contributed by atoms with van der Waals surface area (Å²) in [6, 6.07) is 5.60. The Morgan fingerprint density at radius 2 is 2.07 bits per heavy atom. The van der Waals surface area contributed by atoms with Crippen molar-refractivity contribution in [1.29, 1.82) is 0 Å². The summed E-state index contributed by atoms with van der Waals surface area (Å²) in [5.41, 5.74) is 1.14. The second kappa shape index (κ2) is 3.94. The highest BCUT2D eigenvalue weighted by Gasteiger charge is 2.17. The van der Waals surface area contributed by atoms with E-state index in [1.54, 1.807) is 0 Å². The van der Waals surface area contributed by atoms with Crippen LogP contribution in [-0.4, -0.2) is 16.0 Å². The van der Waals surface area contributed by atoms with Crippen molar-refractivity contribution in [3.05, 3.63) is 33.5 Å². The number of carbonyl (C=O) groups is 2. The highest BCUT2D eigenvalue weighted by molar-refractivity contribution is 14.1. The van der Waals surface area contributed by atoms with Gasteiger partial charge in [0.25, 0.3) is 5.24 Å². The van der Waals surface area contributed by atoms with Crippen LogP contribution in [0.5, 0.6) is 0 Å². The molecule has 2 aromatic rings. The molecule has 0 aliphatic carbocycles. The molecule has 1 aromatic heterocycles. The number of fused-ring (bicyclic) bond motifs is 1. The van der Waals surface area contributed by atoms with Crippen LogP contribution in [0.4, 0.5) is 0 Å². The summed E-state index contributed by atoms with van der Waals surface area (Å²) in [4.78, 5) is 25.1. The lowest BCUT2D eigenvalue weighted by Gasteiger charge is -1.94. The molecule has 0 saturated carbocycles. The molecule has 1 N–H and O–H groups in total. The molecule has 0 radical (unpaired) electrons. The second-order valence-electron chi connectivity index (χ2n) is 3.00. The minimum Gasteiger partial charge on any atom is -0.360 e. The van der Waals surface area contributed by atoms with Crippen LogP contribution < -0.4 is 0 Å². The SMILES string of the molecule is O=C(Cl)C(=O)c1c[nH]c2ccc(I)cc12. The molecule has 0 amide bonds. The third kappa shape index (κ3) is 1.91. The van der Waals surface area contributed by atoms with Crippen LogP contribution in [0.15, 0.2) is 24.4 Å². The minimum atomic E-state index is -0.963. The first kappa shape index (κ1) is 10.6. The number of benzene rings is 1. The fourth-order valence-corrected chi connectivity index (χ4v) is 1.98. The van der Waals surface area contributed by atoms with Gasteiger partial charge in [-0.05, 0) is 52.4 Å². The van der Waals surface area contributed by atoms with E-state index in [1.165, 1.54) is 6.20 Å². The smallest absolute Gasteiger partial charge is 0.293 e. The largest absolute Gasteiger partial charge is 0.360 e. The van der Waals surface area contributed by atoms with Crippen LogP contribution in [-0.2, 0) is 4.79 Å². The summed E-state index contributed by atoms with van der Waals surface area (Å²) < 4.78 is 0.996. The molecule has 3 nitrogen and oxygen atoms in total. The first-order valence-electron chi connectivity index (χ1n) is 4.10. The zero-order valence-corrected chi connectivity index (χ0v) is 10.3. The van der Waals surface area contributed by atoms with Gasteiger partial charge in [0.15, 0.2) is 0 Å². The Labute approximate surface area is 104 Å². The number of rotatable bonds is 2. The maximum atomic E-state index is 11.4. The van der Waals surface area contributed by atoms with Gasteiger partial charge in [0.2, 0.25) is 5.78 Å². The van der Waals surface area contributed by atoms with Gasteiger partial charge in [0.05, 0.1) is 5.56 Å². The van der Waals surface area contributed by atoms with E-state index in [-0.39, 0.29) is 0 Å². The highest BCUT2D eigenvalue weighted by atomic mass is 127. The van der Waals surface area contributed by atoms with Gasteiger partial charge >= 0.3 is 0 Å². The quantitative estimate of drug-likeness (QED) is 0.398. The summed E-state index contributed by atoms with van der Waals surface area (Å²) in [5, 5.41) is -0.240. The first-order valence-corrected chi connectivity index (χ1v) is 5.56. The summed E-state index contributed by atoms with van der Waals surface area (Å²) in [6.07, 6.45) is 1.50. The molecule has 0 aliphatic rings. The van der Waals surface area contributed by atoms with Gasteiger partial charge in [-0.3, -0.25) is 9.59 Å². The van der Waals surface area contributed by atoms with Crippen molar-refractivity contribution in [2.75, 3.05) is 0 Å². The highest BCUT2D eigenvalue weighted by Crippen LogP contribution is 2.21. The van der Waals surface area contributed by atoms with Gasteiger partial charge in [-0.2, -0.15) is 0 Å². The molecule has 2 rings (SSSR count). The number of halogens is 2. The average Bonchev–Trinajstić information content (AvgIpc) is 2.59. The van der Waals surface area contributed by atoms with Gasteiger partial charge in [-0.25, -0.2) is 0 Å². The average molecular weight is 334 g/mol. The Bertz CT molecular complexity index is 562. The number of hydrogen-bond acceptors (Lipinski definition) is 2. The van der Waals surface area contributed by atoms with Crippen molar-refractivity contribution in [3.63, 3.8) is 0 Å². The number of aromatic nitrogens is 1. The Hall–Kier alpha value is -0.880. The lowest BCUT2D eigenvalue weighted by molar-refractivity contribution is -0.108. The van der Waals surface area contributed by atoms with Crippen molar-refractivity contribution in [1.82, 2.24) is 4.98 Å². The van der Waals surface area contributed by atoms with Crippen LogP contribution >= 0.6 is 34.2 Å². The molecule has 76 valence electrons. The van der Waals surface area contributed by atoms with E-state index in [4.69, 9.17) is 11.6 Å². The zero-order chi connectivity index (χ0) is 11.0. The Morgan fingerprint density at radius 1 is 1.33 bits per heavy atom. The summed E-state index contributed by atoms with van der Waals surface area (Å²) in [7, 11) is 0. The van der Waals surface area contributed by atoms with E-state index in [2.05, 4.69) is 27.6 Å². The molecule has 0 aliphatic heterocycles. The van der Waals surface area contributed by atoms with Crippen molar-refractivity contribution < 1.29 is 9.59 Å². The lowest BCUT2D eigenvalue weighted by atomic mass is 10.1. The molecule has 0 unspecified atom stereocenters. The fourth-order valence-electron chi connectivity index (χ4n) is 1.39. The molecule has 0 fully saturated rings. The summed E-state index contributed by atoms with van der Waals surface area (Å²) >= 11 is 7.30. The lowest BCUT2D eigenvalue weighted by Crippen LogP contribution is -2.06. The molecule has 0 spiro atoms. The number of carbonyl (C=O) groups excluding carboxylic acids is 2. The number of ketones is 1. The molecule has 0 bridgehead atoms. The number of nitrogens with one attached hydrogen (secondary N) is 1. The van der Waals surface area contributed by atoms with Crippen molar-refractivity contribution in [3.8, 4) is 0 Å². The van der Waals surface area contributed by atoms with E-state index in [9.17, 15) is 9.59 Å². The first-order chi connectivity index (χ1) is 7.09. The van der Waals surface area contributed by atoms with Crippen LogP contribution in [0.2, 0.25) is 0 Å². The third-order valence-corrected chi connectivity index (χ3v) is 2.91. The number of H-pyrrole nitrogens is 1. The summed E-state index contributed by atoms with van der Waals surface area (Å²) in [5.74, 6) is -0.676. The molecular weight excluding hydrogens is 328 g/mol. The number of aromatic amines is 1. The van der Waals surface area contributed by atoms with Gasteiger partial charge in [-0.1, -0.05) is 0 Å². The maximum Gasteiger partial charge on any atom is 0.293 e. The number of Topliss-reactive ketones (excluding diaryl/α,β-unsaturated/α-hetero) is 1. The predicted octanol–water partition coefficient (Wildman–Crippen LogP) is 2.72. The predicted molar refractivity (Wildman–Crippen MR) is 66.2 cm³/mol. The molecular formula is C10H5ClINO2. The molecule has 0 saturated heterocycles. The Morgan fingerprint density at radius 3 is 2.73 bits per heavy atom. The summed E-state index contributed by atoms with van der Waals surface area (Å²) in [6.45, 7) is 0. The fraction of sp³-hybridized carbons (Fsp3) is 0. The van der Waals surface area contributed by atoms with Crippen LogP contribution in [0, 0.1) is 3.57 Å². The molecule has 1 heterocycles. The van der Waals surface area contributed by atoms with Crippen LogP contribution in [0.3, 0.4) is 0 Å². The maximum absolute atomic E-state index is 11.4. The topological polar surface area (TPSA) is 49.9 Å². The van der Waals surface area contributed by atoms with Crippen LogP contribution in [0.25, 0.3) is 10.9 Å². The standard InChI is InChI=1S/C10H5ClINO2/c11-10(15)9(14)7-4-13-8-2-1-5(12)3-6(7)8/h1-4,13H. The molecule has 1 aromatic carbocycles. The van der Waals surface area contributed by atoms with Crippen molar-refractivity contribution in [2.45, 2.75) is 0 Å². The third-order valence-electron chi connectivity index (χ3n) is 2.07. The Kier molecular flexibility index (Phi) is 2.79. The van der Waals surface area contributed by atoms with E-state index in [0.717, 1.165) is 14.5 Å². The second-order valence-corrected chi connectivity index (χ2v) is 4.58. The van der Waals surface area contributed by atoms with E-state index in [1.807, 2.05) is 18.2 Å². The zero-order valence-electron chi connectivity index (χ0n) is 7.38. The molecule has 0 atom stereocenters. The van der Waals surface area contributed by atoms with Crippen LogP contribution in [0.1, 0.15) is 10.4 Å². The number of hydrogen-bond donors (Lipinski definition) is 1. The van der Waals surface area contributed by atoms with Gasteiger partial charge in [0.1, 0.15) is 0 Å². The van der Waals surface area contributed by atoms with Crippen molar-refractivity contribution in [2.24, 2.45) is 0 Å². The van der Waals surface area contributed by atoms with E-state index < -0.39 is 11.0 Å². The van der Waals surface area contributed by atoms with Crippen molar-refractivity contribution >= 4 is 56.1 Å².